The molecule has 308 valence electrons. The van der Waals surface area contributed by atoms with E-state index >= 15 is 0 Å². The molecule has 0 radical (unpaired) electrons. The molecule has 6 rings (SSSR count). The summed E-state index contributed by atoms with van der Waals surface area (Å²) in [5.41, 5.74) is -2.34. The first-order chi connectivity index (χ1) is 25.0. The summed E-state index contributed by atoms with van der Waals surface area (Å²) in [4.78, 5) is 0. The number of aliphatic hydroxyl groups excluding tert-OH is 7. The first kappa shape index (κ1) is 42.1. The standard InChI is InChI=1S/C39H68O14/c1-18(2)24(51-35-31(46)30(45)26(16-40)53-35)9-8-19(3)20-14-21(41)34-37(20,4)13-11-27-38(5)12-10-25(29(44)28(38)22(42)15-39(27,34)47)52-36-33(49-7)32(48-6)23(43)17-50-36/h18-36,40-47H,8-17H2,1-7H3/t19-,20-,21+,22-,23-,24+,25+,26+,27-,28+,29+,30+,31-,32+,33-,34-,35+,36+,37-,38-,39+/m1/s1. The maximum atomic E-state index is 12.9. The Morgan fingerprint density at radius 1 is 0.792 bits per heavy atom. The first-order valence-electron chi connectivity index (χ1n) is 20.0. The SMILES string of the molecule is CO[C@@H]1[C@@H](OC)[C@H](O[C@H]2CC[C@@]3(C)[C@H]([C@H]2O)[C@H](O)C[C@]2(O)[C@@H]3CC[C@]3(C)[C@@H]([C@H](C)CC[C@H](O[C@H]4O[C@@H](CO)[C@H](O)[C@H]4O)C(C)C)C[C@H](O)[C@H]32)OC[C@H]1O. The van der Waals surface area contributed by atoms with Crippen molar-refractivity contribution in [3.63, 3.8) is 0 Å². The molecule has 21 atom stereocenters. The summed E-state index contributed by atoms with van der Waals surface area (Å²) in [5.74, 6) is -0.908. The van der Waals surface area contributed by atoms with Gasteiger partial charge in [0.1, 0.15) is 36.6 Å². The van der Waals surface area contributed by atoms with Gasteiger partial charge in [0.15, 0.2) is 12.6 Å². The van der Waals surface area contributed by atoms with Crippen LogP contribution in [0.1, 0.15) is 86.0 Å². The van der Waals surface area contributed by atoms with Crippen molar-refractivity contribution >= 4 is 0 Å². The van der Waals surface area contributed by atoms with Crippen LogP contribution >= 0.6 is 0 Å². The molecule has 0 aromatic heterocycles. The molecule has 4 aliphatic carbocycles. The lowest BCUT2D eigenvalue weighted by Crippen LogP contribution is -2.71. The fourth-order valence-corrected chi connectivity index (χ4v) is 12.6. The summed E-state index contributed by atoms with van der Waals surface area (Å²) >= 11 is 0. The number of hydrogen-bond acceptors (Lipinski definition) is 14. The predicted molar refractivity (Wildman–Crippen MR) is 189 cm³/mol. The maximum Gasteiger partial charge on any atom is 0.186 e. The second kappa shape index (κ2) is 16.0. The van der Waals surface area contributed by atoms with E-state index < -0.39 is 103 Å². The molecule has 0 bridgehead atoms. The number of fused-ring (bicyclic) bond motifs is 5. The van der Waals surface area contributed by atoms with Crippen molar-refractivity contribution in [2.75, 3.05) is 27.4 Å². The lowest BCUT2D eigenvalue weighted by molar-refractivity contribution is -0.321. The molecule has 0 aromatic rings. The Morgan fingerprint density at radius 3 is 2.09 bits per heavy atom. The normalized spacial score (nSPS) is 52.5. The number of aliphatic hydroxyl groups is 8. The highest BCUT2D eigenvalue weighted by molar-refractivity contribution is 5.21. The van der Waals surface area contributed by atoms with E-state index in [0.717, 1.165) is 12.8 Å². The maximum absolute atomic E-state index is 12.9. The summed E-state index contributed by atoms with van der Waals surface area (Å²) in [6.07, 6.45) is -6.76. The van der Waals surface area contributed by atoms with Gasteiger partial charge in [0.25, 0.3) is 0 Å². The molecule has 2 heterocycles. The van der Waals surface area contributed by atoms with Crippen LogP contribution in [0.4, 0.5) is 0 Å². The molecule has 14 heteroatoms. The van der Waals surface area contributed by atoms with Crippen molar-refractivity contribution in [3.05, 3.63) is 0 Å². The van der Waals surface area contributed by atoms with Crippen LogP contribution in [0.2, 0.25) is 0 Å². The number of ether oxygens (including phenoxy) is 6. The van der Waals surface area contributed by atoms with Crippen molar-refractivity contribution in [3.8, 4) is 0 Å². The average Bonchev–Trinajstić information content (AvgIpc) is 3.54. The minimum absolute atomic E-state index is 0.00468. The Hall–Kier alpha value is -0.560. The van der Waals surface area contributed by atoms with Crippen LogP contribution in [-0.2, 0) is 28.4 Å². The van der Waals surface area contributed by atoms with Crippen molar-refractivity contribution in [2.24, 2.45) is 46.3 Å². The van der Waals surface area contributed by atoms with Gasteiger partial charge in [-0.15, -0.1) is 0 Å². The molecule has 0 unspecified atom stereocenters. The molecule has 6 aliphatic rings. The lowest BCUT2D eigenvalue weighted by Gasteiger charge is -2.66. The van der Waals surface area contributed by atoms with Crippen LogP contribution in [0.25, 0.3) is 0 Å². The third-order valence-electron chi connectivity index (χ3n) is 15.2. The lowest BCUT2D eigenvalue weighted by atomic mass is 9.41. The van der Waals surface area contributed by atoms with Crippen molar-refractivity contribution in [2.45, 2.75) is 171 Å². The summed E-state index contributed by atoms with van der Waals surface area (Å²) < 4.78 is 35.0. The Morgan fingerprint density at radius 2 is 1.47 bits per heavy atom. The molecule has 0 aromatic carbocycles. The van der Waals surface area contributed by atoms with E-state index in [1.54, 1.807) is 0 Å². The number of methoxy groups -OCH3 is 2. The summed E-state index contributed by atoms with van der Waals surface area (Å²) in [7, 11) is 2.98. The van der Waals surface area contributed by atoms with E-state index in [1.807, 2.05) is 13.8 Å². The van der Waals surface area contributed by atoms with Crippen LogP contribution in [-0.4, -0.2) is 154 Å². The van der Waals surface area contributed by atoms with Gasteiger partial charge in [-0.1, -0.05) is 34.6 Å². The molecule has 6 fully saturated rings. The Bertz CT molecular complexity index is 1230. The fraction of sp³-hybridized carbons (Fsp3) is 1.00. The Labute approximate surface area is 314 Å². The predicted octanol–water partition coefficient (Wildman–Crippen LogP) is 0.702. The van der Waals surface area contributed by atoms with Crippen LogP contribution in [0.3, 0.4) is 0 Å². The van der Waals surface area contributed by atoms with Crippen molar-refractivity contribution in [1.82, 2.24) is 0 Å². The van der Waals surface area contributed by atoms with Gasteiger partial charge in [-0.25, -0.2) is 0 Å². The minimum atomic E-state index is -1.34. The van der Waals surface area contributed by atoms with Crippen molar-refractivity contribution in [1.29, 1.82) is 0 Å². The molecule has 0 amide bonds. The first-order valence-corrected chi connectivity index (χ1v) is 20.0. The van der Waals surface area contributed by atoms with Gasteiger partial charge in [0, 0.05) is 32.5 Å². The molecular weight excluding hydrogens is 692 g/mol. The molecule has 2 saturated heterocycles. The molecule has 0 spiro atoms. The number of rotatable bonds is 12. The highest BCUT2D eigenvalue weighted by Crippen LogP contribution is 2.70. The van der Waals surface area contributed by atoms with Crippen LogP contribution < -0.4 is 0 Å². The Kier molecular flexibility index (Phi) is 12.7. The molecular formula is C39H68O14. The third kappa shape index (κ3) is 7.17. The molecule has 8 N–H and O–H groups in total. The monoisotopic (exact) mass is 760 g/mol. The van der Waals surface area contributed by atoms with E-state index in [0.29, 0.717) is 32.1 Å². The van der Waals surface area contributed by atoms with E-state index in [-0.39, 0.29) is 48.2 Å². The van der Waals surface area contributed by atoms with Gasteiger partial charge in [0.2, 0.25) is 0 Å². The van der Waals surface area contributed by atoms with Crippen LogP contribution in [0.15, 0.2) is 0 Å². The molecule has 2 aliphatic heterocycles. The molecule has 53 heavy (non-hydrogen) atoms. The Balaban J connectivity index is 1.14. The highest BCUT2D eigenvalue weighted by Gasteiger charge is 2.72. The van der Waals surface area contributed by atoms with Gasteiger partial charge in [-0.3, -0.25) is 0 Å². The van der Waals surface area contributed by atoms with E-state index in [1.165, 1.54) is 14.2 Å². The topological polar surface area (TPSA) is 217 Å². The quantitative estimate of drug-likeness (QED) is 0.129. The van der Waals surface area contributed by atoms with Crippen LogP contribution in [0, 0.1) is 46.3 Å². The second-order valence-corrected chi connectivity index (χ2v) is 18.3. The summed E-state index contributed by atoms with van der Waals surface area (Å²) in [6.45, 7) is 10.1. The van der Waals surface area contributed by atoms with Gasteiger partial charge in [-0.05, 0) is 79.4 Å². The summed E-state index contributed by atoms with van der Waals surface area (Å²) in [5, 5.41) is 89.0. The van der Waals surface area contributed by atoms with Gasteiger partial charge in [-0.2, -0.15) is 0 Å². The van der Waals surface area contributed by atoms with Gasteiger partial charge >= 0.3 is 0 Å². The average molecular weight is 761 g/mol. The fourth-order valence-electron chi connectivity index (χ4n) is 12.6. The summed E-state index contributed by atoms with van der Waals surface area (Å²) in [6, 6.07) is 0. The molecule has 14 nitrogen and oxygen atoms in total. The van der Waals surface area contributed by atoms with E-state index in [9.17, 15) is 40.9 Å². The second-order valence-electron chi connectivity index (χ2n) is 18.3. The zero-order valence-corrected chi connectivity index (χ0v) is 32.6. The van der Waals surface area contributed by atoms with E-state index in [2.05, 4.69) is 20.8 Å². The van der Waals surface area contributed by atoms with E-state index in [4.69, 9.17) is 28.4 Å². The largest absolute Gasteiger partial charge is 0.394 e. The number of hydrogen-bond donors (Lipinski definition) is 8. The third-order valence-corrected chi connectivity index (χ3v) is 15.2. The smallest absolute Gasteiger partial charge is 0.186 e. The zero-order chi connectivity index (χ0) is 38.8. The molecule has 4 saturated carbocycles. The zero-order valence-electron chi connectivity index (χ0n) is 32.6. The van der Waals surface area contributed by atoms with Gasteiger partial charge in [0.05, 0.1) is 49.3 Å². The minimum Gasteiger partial charge on any atom is -0.394 e. The van der Waals surface area contributed by atoms with Crippen LogP contribution in [0.5, 0.6) is 0 Å². The highest BCUT2D eigenvalue weighted by atomic mass is 16.7. The van der Waals surface area contributed by atoms with Crippen molar-refractivity contribution < 1.29 is 69.3 Å². The van der Waals surface area contributed by atoms with Gasteiger partial charge < -0.3 is 69.3 Å².